The first-order valence-corrected chi connectivity index (χ1v) is 5.52. The van der Waals surface area contributed by atoms with Crippen molar-refractivity contribution in [1.29, 1.82) is 0 Å². The molecule has 1 saturated heterocycles. The van der Waals surface area contributed by atoms with Crippen molar-refractivity contribution in [2.75, 3.05) is 26.2 Å². The molecule has 1 rings (SSSR count). The Labute approximate surface area is 90.4 Å². The predicted molar refractivity (Wildman–Crippen MR) is 52.6 cm³/mol. The molecule has 1 aliphatic rings. The minimum absolute atomic E-state index is 0.253. The Morgan fingerprint density at radius 3 is 2.40 bits per heavy atom. The molecular formula is C8H13F3N2OS. The lowest BCUT2D eigenvalue weighted by molar-refractivity contribution is -0.131. The van der Waals surface area contributed by atoms with E-state index >= 15 is 0 Å². The van der Waals surface area contributed by atoms with Crippen LogP contribution in [0.5, 0.6) is 0 Å². The Balaban J connectivity index is 2.44. The molecule has 15 heavy (non-hydrogen) atoms. The lowest BCUT2D eigenvalue weighted by Crippen LogP contribution is -2.49. The molecule has 1 heterocycles. The number of amides is 1. The molecular weight excluding hydrogens is 229 g/mol. The van der Waals surface area contributed by atoms with Crippen molar-refractivity contribution < 1.29 is 18.0 Å². The second-order valence-electron chi connectivity index (χ2n) is 3.28. The van der Waals surface area contributed by atoms with Gasteiger partial charge in [-0.2, -0.15) is 13.2 Å². The summed E-state index contributed by atoms with van der Waals surface area (Å²) in [6.07, 6.45) is 0. The van der Waals surface area contributed by atoms with Crippen LogP contribution in [0.15, 0.2) is 0 Å². The Hall–Kier alpha value is -0.430. The molecule has 1 N–H and O–H groups in total. The monoisotopic (exact) mass is 242 g/mol. The lowest BCUT2D eigenvalue weighted by atomic mass is 10.3. The summed E-state index contributed by atoms with van der Waals surface area (Å²) in [4.78, 5) is 13.0. The van der Waals surface area contributed by atoms with Crippen LogP contribution in [0.1, 0.15) is 6.92 Å². The highest BCUT2D eigenvalue weighted by Crippen LogP contribution is 2.34. The molecule has 1 atom stereocenters. The SMILES string of the molecule is CC(SC(F)(F)F)C(=O)N1CCNCC1. The van der Waals surface area contributed by atoms with Crippen molar-refractivity contribution in [3.63, 3.8) is 0 Å². The zero-order chi connectivity index (χ0) is 11.5. The van der Waals surface area contributed by atoms with E-state index in [0.717, 1.165) is 0 Å². The van der Waals surface area contributed by atoms with Gasteiger partial charge in [-0.1, -0.05) is 0 Å². The first-order chi connectivity index (χ1) is 6.90. The second kappa shape index (κ2) is 5.07. The number of nitrogens with one attached hydrogen (secondary N) is 1. The van der Waals surface area contributed by atoms with Crippen molar-refractivity contribution in [3.8, 4) is 0 Å². The van der Waals surface area contributed by atoms with E-state index in [-0.39, 0.29) is 11.8 Å². The Kier molecular flexibility index (Phi) is 4.27. The number of thioether (sulfide) groups is 1. The van der Waals surface area contributed by atoms with Gasteiger partial charge in [0.15, 0.2) is 0 Å². The molecule has 0 aromatic carbocycles. The van der Waals surface area contributed by atoms with Gasteiger partial charge in [-0.15, -0.1) is 0 Å². The molecule has 0 saturated carbocycles. The van der Waals surface area contributed by atoms with Crippen molar-refractivity contribution in [2.45, 2.75) is 17.7 Å². The van der Waals surface area contributed by atoms with Gasteiger partial charge in [0.2, 0.25) is 5.91 Å². The number of alkyl halides is 3. The van der Waals surface area contributed by atoms with Crippen LogP contribution < -0.4 is 5.32 Å². The summed E-state index contributed by atoms with van der Waals surface area (Å²) in [5.74, 6) is -0.432. The predicted octanol–water partition coefficient (Wildman–Crippen LogP) is 1.06. The summed E-state index contributed by atoms with van der Waals surface area (Å²) in [5.41, 5.74) is -4.34. The molecule has 1 amide bonds. The lowest BCUT2D eigenvalue weighted by Gasteiger charge is -2.29. The van der Waals surface area contributed by atoms with Crippen molar-refractivity contribution >= 4 is 17.7 Å². The van der Waals surface area contributed by atoms with Crippen LogP contribution in [0.3, 0.4) is 0 Å². The first-order valence-electron chi connectivity index (χ1n) is 4.64. The van der Waals surface area contributed by atoms with E-state index in [2.05, 4.69) is 5.32 Å². The average molecular weight is 242 g/mol. The van der Waals surface area contributed by atoms with E-state index in [4.69, 9.17) is 0 Å². The van der Waals surface area contributed by atoms with Gasteiger partial charge in [-0.05, 0) is 18.7 Å². The molecule has 0 bridgehead atoms. The Morgan fingerprint density at radius 1 is 1.40 bits per heavy atom. The van der Waals surface area contributed by atoms with Crippen LogP contribution >= 0.6 is 11.8 Å². The number of carbonyl (C=O) groups is 1. The third kappa shape index (κ3) is 4.29. The molecule has 1 aliphatic heterocycles. The maximum absolute atomic E-state index is 12.0. The van der Waals surface area contributed by atoms with Crippen LogP contribution in [-0.4, -0.2) is 47.7 Å². The van der Waals surface area contributed by atoms with E-state index in [9.17, 15) is 18.0 Å². The van der Waals surface area contributed by atoms with Gasteiger partial charge < -0.3 is 10.2 Å². The molecule has 88 valence electrons. The summed E-state index contributed by atoms with van der Waals surface area (Å²) >= 11 is -0.253. The fourth-order valence-electron chi connectivity index (χ4n) is 1.39. The Bertz CT molecular complexity index is 228. The van der Waals surface area contributed by atoms with E-state index < -0.39 is 16.7 Å². The maximum atomic E-state index is 12.0. The minimum Gasteiger partial charge on any atom is -0.339 e. The van der Waals surface area contributed by atoms with Gasteiger partial charge in [-0.25, -0.2) is 0 Å². The summed E-state index contributed by atoms with van der Waals surface area (Å²) in [6, 6.07) is 0. The van der Waals surface area contributed by atoms with E-state index in [0.29, 0.717) is 26.2 Å². The number of halogens is 3. The molecule has 0 aromatic heterocycles. The summed E-state index contributed by atoms with van der Waals surface area (Å²) < 4.78 is 36.0. The number of rotatable bonds is 2. The quantitative estimate of drug-likeness (QED) is 0.786. The van der Waals surface area contributed by atoms with Gasteiger partial charge in [0, 0.05) is 26.2 Å². The van der Waals surface area contributed by atoms with Gasteiger partial charge in [0.1, 0.15) is 0 Å². The van der Waals surface area contributed by atoms with Crippen LogP contribution in [0.25, 0.3) is 0 Å². The van der Waals surface area contributed by atoms with E-state index in [1.165, 1.54) is 11.8 Å². The molecule has 1 unspecified atom stereocenters. The third-order valence-electron chi connectivity index (χ3n) is 2.09. The van der Waals surface area contributed by atoms with Crippen LogP contribution in [0, 0.1) is 0 Å². The van der Waals surface area contributed by atoms with Crippen molar-refractivity contribution in [2.24, 2.45) is 0 Å². The summed E-state index contributed by atoms with van der Waals surface area (Å²) in [7, 11) is 0. The molecule has 7 heteroatoms. The smallest absolute Gasteiger partial charge is 0.339 e. The number of hydrogen-bond acceptors (Lipinski definition) is 3. The van der Waals surface area contributed by atoms with Crippen LogP contribution in [-0.2, 0) is 4.79 Å². The van der Waals surface area contributed by atoms with Gasteiger partial charge in [0.05, 0.1) is 5.25 Å². The fraction of sp³-hybridized carbons (Fsp3) is 0.875. The zero-order valence-corrected chi connectivity index (χ0v) is 9.12. The van der Waals surface area contributed by atoms with Gasteiger partial charge in [0.25, 0.3) is 0 Å². The van der Waals surface area contributed by atoms with Crippen molar-refractivity contribution in [3.05, 3.63) is 0 Å². The van der Waals surface area contributed by atoms with E-state index in [1.807, 2.05) is 0 Å². The average Bonchev–Trinajstić information content (AvgIpc) is 2.15. The number of piperazine rings is 1. The molecule has 3 nitrogen and oxygen atoms in total. The zero-order valence-electron chi connectivity index (χ0n) is 8.30. The summed E-state index contributed by atoms with van der Waals surface area (Å²) in [5, 5.41) is 1.98. The highest BCUT2D eigenvalue weighted by molar-refractivity contribution is 8.01. The molecule has 0 aromatic rings. The first kappa shape index (κ1) is 12.6. The third-order valence-corrected chi connectivity index (χ3v) is 2.91. The number of hydrogen-bond donors (Lipinski definition) is 1. The minimum atomic E-state index is -4.34. The normalized spacial score (nSPS) is 20.1. The van der Waals surface area contributed by atoms with E-state index in [1.54, 1.807) is 0 Å². The van der Waals surface area contributed by atoms with Gasteiger partial charge >= 0.3 is 5.51 Å². The number of carbonyl (C=O) groups excluding carboxylic acids is 1. The summed E-state index contributed by atoms with van der Waals surface area (Å²) in [6.45, 7) is 3.57. The maximum Gasteiger partial charge on any atom is 0.442 e. The Morgan fingerprint density at radius 2 is 1.93 bits per heavy atom. The largest absolute Gasteiger partial charge is 0.442 e. The molecule has 0 spiro atoms. The number of nitrogens with zero attached hydrogens (tertiary/aromatic N) is 1. The molecule has 1 fully saturated rings. The molecule has 0 aliphatic carbocycles. The second-order valence-corrected chi connectivity index (χ2v) is 4.69. The van der Waals surface area contributed by atoms with Crippen molar-refractivity contribution in [1.82, 2.24) is 10.2 Å². The molecule has 0 radical (unpaired) electrons. The van der Waals surface area contributed by atoms with Crippen LogP contribution in [0.4, 0.5) is 13.2 Å². The highest BCUT2D eigenvalue weighted by atomic mass is 32.2. The fourth-order valence-corrected chi connectivity index (χ4v) is 2.04. The van der Waals surface area contributed by atoms with Crippen LogP contribution in [0.2, 0.25) is 0 Å². The topological polar surface area (TPSA) is 32.3 Å². The standard InChI is InChI=1S/C8H13F3N2OS/c1-6(15-8(9,10)11)7(14)13-4-2-12-3-5-13/h6,12H,2-5H2,1H3. The van der Waals surface area contributed by atoms with Gasteiger partial charge in [-0.3, -0.25) is 4.79 Å². The highest BCUT2D eigenvalue weighted by Gasteiger charge is 2.35.